The van der Waals surface area contributed by atoms with Crippen molar-refractivity contribution in [3.63, 3.8) is 0 Å². The predicted molar refractivity (Wildman–Crippen MR) is 186 cm³/mol. The molecule has 5 aromatic rings. The highest BCUT2D eigenvalue weighted by Crippen LogP contribution is 2.39. The van der Waals surface area contributed by atoms with E-state index < -0.39 is 5.97 Å². The maximum absolute atomic E-state index is 13.4. The number of nitriles is 1. The summed E-state index contributed by atoms with van der Waals surface area (Å²) in [6.07, 6.45) is 2.05. The monoisotopic (exact) mass is 677 g/mol. The van der Waals surface area contributed by atoms with Gasteiger partial charge in [0.05, 0.1) is 27.9 Å². The van der Waals surface area contributed by atoms with Crippen LogP contribution in [0.4, 0.5) is 5.69 Å². The van der Waals surface area contributed by atoms with E-state index in [0.29, 0.717) is 78.1 Å². The van der Waals surface area contributed by atoms with E-state index in [1.165, 1.54) is 0 Å². The quantitative estimate of drug-likeness (QED) is 0.204. The van der Waals surface area contributed by atoms with Crippen molar-refractivity contribution >= 4 is 40.3 Å². The summed E-state index contributed by atoms with van der Waals surface area (Å²) in [4.78, 5) is 38.6. The van der Waals surface area contributed by atoms with E-state index in [0.717, 1.165) is 52.2 Å². The molecule has 0 atom stereocenters. The number of carboxylic acids is 1. The third-order valence-corrected chi connectivity index (χ3v) is 10.2. The molecule has 11 nitrogen and oxygen atoms in total. The Morgan fingerprint density at radius 3 is 2.55 bits per heavy atom. The number of nitrogens with one attached hydrogen (secondary N) is 1. The third kappa shape index (κ3) is 6.19. The van der Waals surface area contributed by atoms with Gasteiger partial charge in [0.1, 0.15) is 11.6 Å². The predicted octanol–water partition coefficient (Wildman–Crippen LogP) is 6.27. The molecular formula is C37H36ClN7O4. The standard InChI is InChI=1S/C37H36ClN7O4/c1-21-25(27-8-5-9-28(32(27)38)41-35(46)34-40-30-20-43(2)13-12-31(30)44(34)3)6-4-7-26(21)36-42-29-17-22(16-24(18-39)33(29)49-36)19-45-14-10-23(11-15-45)37(47)48/h4-9,16-17,23H,10-15,19-20H2,1-3H3,(H,41,46)(H,47,48). The average Bonchev–Trinajstić information content (AvgIpc) is 3.66. The second kappa shape index (κ2) is 13.1. The fourth-order valence-electron chi connectivity index (χ4n) is 7.01. The summed E-state index contributed by atoms with van der Waals surface area (Å²) in [5, 5.41) is 22.7. The average molecular weight is 678 g/mol. The Hall–Kier alpha value is -5.02. The molecule has 1 fully saturated rings. The zero-order valence-electron chi connectivity index (χ0n) is 27.6. The molecule has 3 aromatic carbocycles. The highest BCUT2D eigenvalue weighted by molar-refractivity contribution is 6.36. The van der Waals surface area contributed by atoms with Crippen LogP contribution in [0.15, 0.2) is 52.9 Å². The molecule has 4 heterocycles. The van der Waals surface area contributed by atoms with Gasteiger partial charge >= 0.3 is 5.97 Å². The number of likely N-dealkylation sites (tertiary alicyclic amines) is 1. The number of nitrogens with zero attached hydrogens (tertiary/aromatic N) is 6. The fourth-order valence-corrected chi connectivity index (χ4v) is 7.29. The largest absolute Gasteiger partial charge is 0.481 e. The lowest BCUT2D eigenvalue weighted by Crippen LogP contribution is -2.35. The second-order valence-electron chi connectivity index (χ2n) is 13.0. The van der Waals surface area contributed by atoms with Crippen molar-refractivity contribution in [2.45, 2.75) is 39.3 Å². The summed E-state index contributed by atoms with van der Waals surface area (Å²) in [7, 11) is 3.92. The van der Waals surface area contributed by atoms with Gasteiger partial charge in [-0.15, -0.1) is 0 Å². The summed E-state index contributed by atoms with van der Waals surface area (Å²) in [5.74, 6) is -0.640. The number of hydrogen-bond acceptors (Lipinski definition) is 8. The van der Waals surface area contributed by atoms with Gasteiger partial charge in [0.15, 0.2) is 11.4 Å². The van der Waals surface area contributed by atoms with Crippen LogP contribution in [0.25, 0.3) is 33.7 Å². The first-order valence-corrected chi connectivity index (χ1v) is 16.7. The summed E-state index contributed by atoms with van der Waals surface area (Å²) < 4.78 is 8.10. The maximum Gasteiger partial charge on any atom is 0.306 e. The number of benzene rings is 3. The van der Waals surface area contributed by atoms with E-state index in [4.69, 9.17) is 21.0 Å². The van der Waals surface area contributed by atoms with Gasteiger partial charge in [-0.1, -0.05) is 35.9 Å². The molecule has 0 aliphatic carbocycles. The molecule has 2 aliphatic heterocycles. The lowest BCUT2D eigenvalue weighted by Gasteiger charge is -2.30. The van der Waals surface area contributed by atoms with Crippen LogP contribution in [0.5, 0.6) is 0 Å². The van der Waals surface area contributed by atoms with Gasteiger partial charge in [-0.05, 0) is 80.9 Å². The van der Waals surface area contributed by atoms with Gasteiger partial charge in [0, 0.05) is 49.9 Å². The minimum atomic E-state index is -0.740. The lowest BCUT2D eigenvalue weighted by atomic mass is 9.96. The van der Waals surface area contributed by atoms with Crippen molar-refractivity contribution in [2.75, 3.05) is 32.0 Å². The molecule has 0 radical (unpaired) electrons. The fraction of sp³-hybridized carbons (Fsp3) is 0.324. The van der Waals surface area contributed by atoms with E-state index in [9.17, 15) is 20.0 Å². The summed E-state index contributed by atoms with van der Waals surface area (Å²) in [5.41, 5.74) is 8.01. The first-order valence-electron chi connectivity index (χ1n) is 16.3. The van der Waals surface area contributed by atoms with Gasteiger partial charge in [-0.2, -0.15) is 5.26 Å². The highest BCUT2D eigenvalue weighted by Gasteiger charge is 2.27. The van der Waals surface area contributed by atoms with Crippen molar-refractivity contribution in [2.24, 2.45) is 13.0 Å². The minimum Gasteiger partial charge on any atom is -0.481 e. The van der Waals surface area contributed by atoms with Crippen molar-refractivity contribution in [1.29, 1.82) is 5.26 Å². The van der Waals surface area contributed by atoms with Crippen LogP contribution in [0.1, 0.15) is 51.5 Å². The van der Waals surface area contributed by atoms with Crippen LogP contribution in [0, 0.1) is 24.2 Å². The normalized spacial score (nSPS) is 15.7. The van der Waals surface area contributed by atoms with Gasteiger partial charge in [0.2, 0.25) is 5.89 Å². The summed E-state index contributed by atoms with van der Waals surface area (Å²) in [6, 6.07) is 17.3. The van der Waals surface area contributed by atoms with Crippen molar-refractivity contribution < 1.29 is 19.1 Å². The van der Waals surface area contributed by atoms with E-state index in [1.54, 1.807) is 6.07 Å². The van der Waals surface area contributed by atoms with Crippen molar-refractivity contribution in [1.82, 2.24) is 24.3 Å². The third-order valence-electron chi connectivity index (χ3n) is 9.76. The Morgan fingerprint density at radius 2 is 1.80 bits per heavy atom. The number of rotatable bonds is 7. The van der Waals surface area contributed by atoms with Crippen LogP contribution in [0.3, 0.4) is 0 Å². The number of aliphatic carboxylic acids is 1. The minimum absolute atomic E-state index is 0.305. The molecule has 2 aromatic heterocycles. The zero-order valence-corrected chi connectivity index (χ0v) is 28.3. The van der Waals surface area contributed by atoms with E-state index in [1.807, 2.05) is 68.1 Å². The molecule has 12 heteroatoms. The van der Waals surface area contributed by atoms with Crippen molar-refractivity contribution in [3.05, 3.63) is 87.5 Å². The number of piperidine rings is 1. The number of oxazole rings is 1. The van der Waals surface area contributed by atoms with Crippen LogP contribution in [-0.4, -0.2) is 68.0 Å². The zero-order chi connectivity index (χ0) is 34.4. The van der Waals surface area contributed by atoms with Gasteiger partial charge in [-0.3, -0.25) is 14.5 Å². The molecule has 1 amide bonds. The highest BCUT2D eigenvalue weighted by atomic mass is 35.5. The van der Waals surface area contributed by atoms with E-state index >= 15 is 0 Å². The first kappa shape index (κ1) is 32.5. The smallest absolute Gasteiger partial charge is 0.306 e. The molecule has 7 rings (SSSR count). The number of halogens is 1. The molecule has 0 bridgehead atoms. The van der Waals surface area contributed by atoms with Crippen LogP contribution >= 0.6 is 11.6 Å². The molecule has 0 saturated carbocycles. The number of likely N-dealkylation sites (N-methyl/N-ethyl adjacent to an activating group) is 1. The summed E-state index contributed by atoms with van der Waals surface area (Å²) in [6.45, 7) is 5.55. The number of hydrogen-bond donors (Lipinski definition) is 2. The van der Waals surface area contributed by atoms with Crippen LogP contribution < -0.4 is 5.32 Å². The number of aromatic nitrogens is 3. The number of amides is 1. The van der Waals surface area contributed by atoms with Crippen molar-refractivity contribution in [3.8, 4) is 28.7 Å². The Labute approximate surface area is 288 Å². The van der Waals surface area contributed by atoms with E-state index in [2.05, 4.69) is 26.2 Å². The van der Waals surface area contributed by atoms with Gasteiger partial charge in [-0.25, -0.2) is 9.97 Å². The Kier molecular flexibility index (Phi) is 8.71. The first-order chi connectivity index (χ1) is 23.6. The molecule has 0 unspecified atom stereocenters. The Morgan fingerprint density at radius 1 is 1.06 bits per heavy atom. The Balaban J connectivity index is 1.16. The SMILES string of the molecule is Cc1c(-c2nc3cc(CN4CCC(C(=O)O)CC4)cc(C#N)c3o2)cccc1-c1cccc(NC(=O)c2nc3c(n2C)CCN(C)C3)c1Cl. The van der Waals surface area contributed by atoms with E-state index in [-0.39, 0.29) is 11.8 Å². The molecule has 250 valence electrons. The molecule has 2 aliphatic rings. The molecule has 1 saturated heterocycles. The number of carbonyl (C=O) groups is 2. The van der Waals surface area contributed by atoms with Gasteiger partial charge in [0.25, 0.3) is 5.91 Å². The topological polar surface area (TPSA) is 141 Å². The number of carbonyl (C=O) groups excluding carboxylic acids is 1. The molecular weight excluding hydrogens is 642 g/mol. The van der Waals surface area contributed by atoms with Gasteiger partial charge < -0.3 is 24.3 Å². The second-order valence-corrected chi connectivity index (χ2v) is 13.4. The summed E-state index contributed by atoms with van der Waals surface area (Å²) >= 11 is 6.97. The van der Waals surface area contributed by atoms with Crippen LogP contribution in [0.2, 0.25) is 5.02 Å². The Bertz CT molecular complexity index is 2160. The van der Waals surface area contributed by atoms with Crippen LogP contribution in [-0.2, 0) is 31.4 Å². The number of fused-ring (bicyclic) bond motifs is 2. The number of anilines is 1. The molecule has 49 heavy (non-hydrogen) atoms. The molecule has 2 N–H and O–H groups in total. The maximum atomic E-state index is 13.4. The number of imidazole rings is 1. The number of carboxylic acid groups (broad SMARTS) is 1. The lowest BCUT2D eigenvalue weighted by molar-refractivity contribution is -0.143. The molecule has 0 spiro atoms.